The lowest BCUT2D eigenvalue weighted by molar-refractivity contribution is 0.0994. The van der Waals surface area contributed by atoms with Gasteiger partial charge in [-0.25, -0.2) is 0 Å². The summed E-state index contributed by atoms with van der Waals surface area (Å²) in [6.45, 7) is 2.34. The van der Waals surface area contributed by atoms with Crippen LogP contribution < -0.4 is 10.6 Å². The first kappa shape index (κ1) is 12.5. The molecule has 0 saturated heterocycles. The number of hydrogen-bond acceptors (Lipinski definition) is 5. The predicted molar refractivity (Wildman–Crippen MR) is 67.3 cm³/mol. The molecule has 0 spiro atoms. The largest absolute Gasteiger partial charge is 0.380 e. The Bertz CT molecular complexity index is 456. The van der Waals surface area contributed by atoms with Crippen molar-refractivity contribution in [3.8, 4) is 0 Å². The summed E-state index contributed by atoms with van der Waals surface area (Å²) in [5.74, 6) is 0.197. The maximum Gasteiger partial charge on any atom is 0.269 e. The lowest BCUT2D eigenvalue weighted by Gasteiger charge is -2.26. The van der Waals surface area contributed by atoms with Gasteiger partial charge in [-0.05, 0) is 24.1 Å². The van der Waals surface area contributed by atoms with Gasteiger partial charge in [0.1, 0.15) is 0 Å². The second-order valence-electron chi connectivity index (χ2n) is 4.13. The molecular weight excluding hydrogens is 232 g/mol. The minimum atomic E-state index is -0.560. The molecule has 2 rings (SSSR count). The van der Waals surface area contributed by atoms with Crippen LogP contribution in [0, 0.1) is 0 Å². The third kappa shape index (κ3) is 2.84. The van der Waals surface area contributed by atoms with Crippen molar-refractivity contribution in [2.75, 3.05) is 31.7 Å². The highest BCUT2D eigenvalue weighted by atomic mass is 16.5. The van der Waals surface area contributed by atoms with Crippen LogP contribution in [0.1, 0.15) is 16.9 Å². The molecule has 0 bridgehead atoms. The molecule has 6 heteroatoms. The smallest absolute Gasteiger partial charge is 0.269 e. The van der Waals surface area contributed by atoms with Gasteiger partial charge < -0.3 is 15.4 Å². The summed E-state index contributed by atoms with van der Waals surface area (Å²) >= 11 is 0. The zero-order valence-corrected chi connectivity index (χ0v) is 10.3. The molecule has 1 aromatic rings. The Hall–Kier alpha value is -1.95. The van der Waals surface area contributed by atoms with Crippen LogP contribution in [0.25, 0.3) is 0 Å². The Morgan fingerprint density at radius 2 is 2.33 bits per heavy atom. The number of ether oxygens (including phenoxy) is 1. The number of rotatable bonds is 4. The zero-order valence-electron chi connectivity index (χ0n) is 10.3. The zero-order chi connectivity index (χ0) is 13.0. The minimum absolute atomic E-state index is 0.186. The van der Waals surface area contributed by atoms with Crippen LogP contribution in [0.5, 0.6) is 0 Å². The number of carbonyl (C=O) groups excluding carboxylic acids is 1. The van der Waals surface area contributed by atoms with Crippen LogP contribution in [-0.2, 0) is 4.74 Å². The van der Waals surface area contributed by atoms with E-state index in [1.165, 1.54) is 5.57 Å². The molecule has 0 aromatic carbocycles. The van der Waals surface area contributed by atoms with E-state index in [-0.39, 0.29) is 5.69 Å². The summed E-state index contributed by atoms with van der Waals surface area (Å²) in [6.07, 6.45) is 3.09. The van der Waals surface area contributed by atoms with E-state index >= 15 is 0 Å². The standard InChI is InChI=1S/C12H16N4O2/c1-18-8-9-4-6-16(7-5-9)11-3-2-10(12(13)17)14-15-11/h2-4H,5-8H2,1H3,(H2,13,17). The predicted octanol–water partition coefficient (Wildman–Crippen LogP) is 0.358. The summed E-state index contributed by atoms with van der Waals surface area (Å²) in [7, 11) is 1.70. The van der Waals surface area contributed by atoms with Crippen molar-refractivity contribution in [2.24, 2.45) is 5.73 Å². The monoisotopic (exact) mass is 248 g/mol. The normalized spacial score (nSPS) is 15.4. The summed E-state index contributed by atoms with van der Waals surface area (Å²) in [4.78, 5) is 13.0. The highest BCUT2D eigenvalue weighted by Crippen LogP contribution is 2.17. The number of aromatic nitrogens is 2. The quantitative estimate of drug-likeness (QED) is 0.778. The molecule has 6 nitrogen and oxygen atoms in total. The number of nitrogens with two attached hydrogens (primary N) is 1. The van der Waals surface area contributed by atoms with Crippen molar-refractivity contribution in [1.29, 1.82) is 0 Å². The molecular formula is C12H16N4O2. The molecule has 2 heterocycles. The molecule has 1 aliphatic rings. The van der Waals surface area contributed by atoms with E-state index in [9.17, 15) is 4.79 Å². The Morgan fingerprint density at radius 1 is 1.50 bits per heavy atom. The number of nitrogens with zero attached hydrogens (tertiary/aromatic N) is 3. The van der Waals surface area contributed by atoms with Gasteiger partial charge in [0.2, 0.25) is 0 Å². The van der Waals surface area contributed by atoms with Gasteiger partial charge in [-0.1, -0.05) is 6.08 Å². The van der Waals surface area contributed by atoms with Crippen LogP contribution in [0.2, 0.25) is 0 Å². The van der Waals surface area contributed by atoms with Gasteiger partial charge >= 0.3 is 0 Å². The van der Waals surface area contributed by atoms with Crippen molar-refractivity contribution in [2.45, 2.75) is 6.42 Å². The number of hydrogen-bond donors (Lipinski definition) is 1. The van der Waals surface area contributed by atoms with E-state index in [0.29, 0.717) is 6.61 Å². The van der Waals surface area contributed by atoms with Crippen LogP contribution in [0.15, 0.2) is 23.8 Å². The van der Waals surface area contributed by atoms with E-state index in [2.05, 4.69) is 21.2 Å². The molecule has 96 valence electrons. The lowest BCUT2D eigenvalue weighted by atomic mass is 10.1. The van der Waals surface area contributed by atoms with E-state index in [1.807, 2.05) is 0 Å². The number of primary amides is 1. The molecule has 1 aromatic heterocycles. The first-order valence-electron chi connectivity index (χ1n) is 5.76. The Labute approximate surface area is 105 Å². The van der Waals surface area contributed by atoms with Gasteiger partial charge in [-0.3, -0.25) is 4.79 Å². The molecule has 1 amide bonds. The summed E-state index contributed by atoms with van der Waals surface area (Å²) in [6, 6.07) is 3.36. The molecule has 0 fully saturated rings. The molecule has 0 aliphatic carbocycles. The fourth-order valence-corrected chi connectivity index (χ4v) is 1.86. The molecule has 0 saturated carbocycles. The maximum atomic E-state index is 10.9. The highest BCUT2D eigenvalue weighted by molar-refractivity contribution is 5.90. The van der Waals surface area contributed by atoms with Crippen LogP contribution in [-0.4, -0.2) is 42.9 Å². The van der Waals surface area contributed by atoms with E-state index in [4.69, 9.17) is 10.5 Å². The fourth-order valence-electron chi connectivity index (χ4n) is 1.86. The van der Waals surface area contributed by atoms with Gasteiger partial charge in [-0.15, -0.1) is 10.2 Å². The molecule has 18 heavy (non-hydrogen) atoms. The number of anilines is 1. The molecule has 2 N–H and O–H groups in total. The Balaban J connectivity index is 2.03. The van der Waals surface area contributed by atoms with E-state index < -0.39 is 5.91 Å². The Morgan fingerprint density at radius 3 is 2.83 bits per heavy atom. The van der Waals surface area contributed by atoms with Crippen LogP contribution >= 0.6 is 0 Å². The van der Waals surface area contributed by atoms with E-state index in [1.54, 1.807) is 19.2 Å². The number of amides is 1. The number of methoxy groups -OCH3 is 1. The van der Waals surface area contributed by atoms with Crippen LogP contribution in [0.3, 0.4) is 0 Å². The van der Waals surface area contributed by atoms with Gasteiger partial charge in [0.05, 0.1) is 6.61 Å². The fraction of sp³-hybridized carbons (Fsp3) is 0.417. The molecule has 1 aliphatic heterocycles. The van der Waals surface area contributed by atoms with Gasteiger partial charge in [0.25, 0.3) is 5.91 Å². The summed E-state index contributed by atoms with van der Waals surface area (Å²) in [5.41, 5.74) is 6.60. The first-order valence-corrected chi connectivity index (χ1v) is 5.76. The Kier molecular flexibility index (Phi) is 3.88. The lowest BCUT2D eigenvalue weighted by Crippen LogP contribution is -2.30. The van der Waals surface area contributed by atoms with Crippen molar-refractivity contribution in [3.05, 3.63) is 29.5 Å². The molecule has 0 radical (unpaired) electrons. The third-order valence-electron chi connectivity index (χ3n) is 2.86. The average Bonchev–Trinajstić information content (AvgIpc) is 2.40. The second kappa shape index (κ2) is 5.59. The van der Waals surface area contributed by atoms with Crippen molar-refractivity contribution >= 4 is 11.7 Å². The molecule has 0 unspecified atom stereocenters. The topological polar surface area (TPSA) is 81.3 Å². The van der Waals surface area contributed by atoms with Crippen LogP contribution in [0.4, 0.5) is 5.82 Å². The first-order chi connectivity index (χ1) is 8.70. The van der Waals surface area contributed by atoms with Crippen molar-refractivity contribution in [3.63, 3.8) is 0 Å². The minimum Gasteiger partial charge on any atom is -0.380 e. The van der Waals surface area contributed by atoms with E-state index in [0.717, 1.165) is 25.3 Å². The maximum absolute atomic E-state index is 10.9. The average molecular weight is 248 g/mol. The second-order valence-corrected chi connectivity index (χ2v) is 4.13. The third-order valence-corrected chi connectivity index (χ3v) is 2.86. The molecule has 0 atom stereocenters. The van der Waals surface area contributed by atoms with Gasteiger partial charge in [-0.2, -0.15) is 0 Å². The van der Waals surface area contributed by atoms with Crippen molar-refractivity contribution < 1.29 is 9.53 Å². The van der Waals surface area contributed by atoms with Crippen molar-refractivity contribution in [1.82, 2.24) is 10.2 Å². The summed E-state index contributed by atoms with van der Waals surface area (Å²) in [5, 5.41) is 7.81. The highest BCUT2D eigenvalue weighted by Gasteiger charge is 2.14. The summed E-state index contributed by atoms with van der Waals surface area (Å²) < 4.78 is 5.10. The van der Waals surface area contributed by atoms with Gasteiger partial charge in [0, 0.05) is 20.2 Å². The van der Waals surface area contributed by atoms with Gasteiger partial charge in [0.15, 0.2) is 11.5 Å². The SMILES string of the molecule is COCC1=CCN(c2ccc(C(N)=O)nn2)CC1. The number of carbonyl (C=O) groups is 1.